The number of hydrogen-bond donors (Lipinski definition) is 1. The zero-order valence-electron chi connectivity index (χ0n) is 25.1. The summed E-state index contributed by atoms with van der Waals surface area (Å²) < 4.78 is 54.8. The fraction of sp³-hybridized carbons (Fsp3) is 0.769. The van der Waals surface area contributed by atoms with Crippen molar-refractivity contribution in [3.05, 3.63) is 0 Å². The van der Waals surface area contributed by atoms with Crippen molar-refractivity contribution >= 4 is 35.8 Å². The van der Waals surface area contributed by atoms with Gasteiger partial charge in [-0.05, 0) is 6.92 Å². The molecular weight excluding hydrogens is 584 g/mol. The summed E-state index contributed by atoms with van der Waals surface area (Å²) in [6.45, 7) is 6.76. The third-order valence-corrected chi connectivity index (χ3v) is 6.23. The first-order chi connectivity index (χ1) is 20.0. The molecule has 17 nitrogen and oxygen atoms in total. The Kier molecular flexibility index (Phi) is 12.8. The lowest BCUT2D eigenvalue weighted by molar-refractivity contribution is -0.371. The zero-order valence-corrected chi connectivity index (χ0v) is 25.1. The van der Waals surface area contributed by atoms with E-state index in [1.54, 1.807) is 0 Å². The third kappa shape index (κ3) is 9.82. The minimum absolute atomic E-state index is 0.500. The molecule has 0 aliphatic carbocycles. The molecule has 0 radical (unpaired) electrons. The van der Waals surface area contributed by atoms with Crippen molar-refractivity contribution in [2.75, 3.05) is 20.3 Å². The van der Waals surface area contributed by atoms with Crippen molar-refractivity contribution in [3.63, 3.8) is 0 Å². The molecule has 2 heterocycles. The summed E-state index contributed by atoms with van der Waals surface area (Å²) in [4.78, 5) is 71.3. The number of carbonyl (C=O) groups is 6. The normalized spacial score (nSPS) is 33.8. The molecule has 0 bridgehead atoms. The van der Waals surface area contributed by atoms with Crippen LogP contribution >= 0.6 is 0 Å². The van der Waals surface area contributed by atoms with Gasteiger partial charge in [0, 0.05) is 48.7 Å². The number of esters is 6. The van der Waals surface area contributed by atoms with Crippen LogP contribution in [0.2, 0.25) is 0 Å². The van der Waals surface area contributed by atoms with E-state index >= 15 is 0 Å². The summed E-state index contributed by atoms with van der Waals surface area (Å²) in [6, 6.07) is 0. The Morgan fingerprint density at radius 3 is 1.63 bits per heavy atom. The van der Waals surface area contributed by atoms with Gasteiger partial charge in [0.05, 0.1) is 6.61 Å². The first-order valence-corrected chi connectivity index (χ1v) is 13.2. The summed E-state index contributed by atoms with van der Waals surface area (Å²) in [5, 5.41) is 10.9. The van der Waals surface area contributed by atoms with Crippen LogP contribution in [0.25, 0.3) is 0 Å². The number of carbonyl (C=O) groups excluding carboxylic acids is 6. The highest BCUT2D eigenvalue weighted by Crippen LogP contribution is 2.37. The Morgan fingerprint density at radius 1 is 0.651 bits per heavy atom. The van der Waals surface area contributed by atoms with Gasteiger partial charge in [-0.25, -0.2) is 0 Å². The van der Waals surface area contributed by atoms with Crippen LogP contribution in [0.4, 0.5) is 0 Å². The maximum Gasteiger partial charge on any atom is 0.303 e. The number of aliphatic hydroxyl groups excluding tert-OH is 1. The summed E-state index contributed by atoms with van der Waals surface area (Å²) in [7, 11) is 1.23. The van der Waals surface area contributed by atoms with Crippen LogP contribution in [-0.4, -0.2) is 122 Å². The highest BCUT2D eigenvalue weighted by molar-refractivity contribution is 5.69. The van der Waals surface area contributed by atoms with Gasteiger partial charge in [-0.2, -0.15) is 0 Å². The maximum absolute atomic E-state index is 12.1. The molecule has 2 saturated heterocycles. The topological polar surface area (TPSA) is 215 Å². The second-order valence-corrected chi connectivity index (χ2v) is 9.88. The number of rotatable bonds is 11. The van der Waals surface area contributed by atoms with Crippen molar-refractivity contribution < 1.29 is 81.2 Å². The second kappa shape index (κ2) is 15.4. The quantitative estimate of drug-likeness (QED) is 0.217. The van der Waals surface area contributed by atoms with Gasteiger partial charge >= 0.3 is 35.8 Å². The summed E-state index contributed by atoms with van der Waals surface area (Å²) in [5.41, 5.74) is 0. The standard InChI is InChI=1S/C26H38O17/c1-11(27)35-9-17-19(33)21(38-13(3)29)24(41-16(6)32)26(7,43-17)36-10-18-20(37-12(2)28)22(39-14(4)30)23(40-15(5)31)25(34-8)42-18/h17-25,33H,9-10H2,1-8H3/t17-,18-,19-,20-,21+,22+,23-,24+,25+,26+/m1/s1. The van der Waals surface area contributed by atoms with Crippen molar-refractivity contribution in [3.8, 4) is 0 Å². The van der Waals surface area contributed by atoms with Crippen molar-refractivity contribution in [2.24, 2.45) is 0 Å². The Morgan fingerprint density at radius 2 is 1.14 bits per heavy atom. The highest BCUT2D eigenvalue weighted by Gasteiger charge is 2.58. The fourth-order valence-corrected chi connectivity index (χ4v) is 4.68. The molecule has 0 amide bonds. The molecule has 244 valence electrons. The van der Waals surface area contributed by atoms with E-state index in [4.69, 9.17) is 47.4 Å². The van der Waals surface area contributed by atoms with Crippen LogP contribution in [0.15, 0.2) is 0 Å². The van der Waals surface area contributed by atoms with Crippen LogP contribution in [0.5, 0.6) is 0 Å². The van der Waals surface area contributed by atoms with Crippen molar-refractivity contribution in [1.29, 1.82) is 0 Å². The Balaban J connectivity index is 2.51. The van der Waals surface area contributed by atoms with Crippen LogP contribution in [0.3, 0.4) is 0 Å². The molecule has 1 N–H and O–H groups in total. The van der Waals surface area contributed by atoms with Gasteiger partial charge in [-0.3, -0.25) is 28.8 Å². The van der Waals surface area contributed by atoms with E-state index in [1.807, 2.05) is 0 Å². The van der Waals surface area contributed by atoms with E-state index in [0.717, 1.165) is 41.5 Å². The van der Waals surface area contributed by atoms with Gasteiger partial charge in [-0.15, -0.1) is 0 Å². The van der Waals surface area contributed by atoms with Gasteiger partial charge < -0.3 is 52.5 Å². The molecule has 0 spiro atoms. The van der Waals surface area contributed by atoms with E-state index in [9.17, 15) is 33.9 Å². The average Bonchev–Trinajstić information content (AvgIpc) is 2.87. The molecule has 2 rings (SSSR count). The van der Waals surface area contributed by atoms with Gasteiger partial charge in [0.15, 0.2) is 36.8 Å². The summed E-state index contributed by atoms with van der Waals surface area (Å²) in [5.74, 6) is -6.81. The highest BCUT2D eigenvalue weighted by atomic mass is 16.8. The molecule has 2 aliphatic heterocycles. The molecular formula is C26H38O17. The average molecular weight is 623 g/mol. The van der Waals surface area contributed by atoms with E-state index in [-0.39, 0.29) is 0 Å². The van der Waals surface area contributed by atoms with E-state index in [1.165, 1.54) is 14.0 Å². The first kappa shape index (κ1) is 35.8. The minimum Gasteiger partial charge on any atom is -0.463 e. The maximum atomic E-state index is 12.1. The van der Waals surface area contributed by atoms with E-state index in [0.29, 0.717) is 0 Å². The zero-order chi connectivity index (χ0) is 32.6. The summed E-state index contributed by atoms with van der Waals surface area (Å²) >= 11 is 0. The molecule has 2 fully saturated rings. The van der Waals surface area contributed by atoms with E-state index < -0.39 is 110 Å². The van der Waals surface area contributed by atoms with Crippen LogP contribution in [0, 0.1) is 0 Å². The van der Waals surface area contributed by atoms with Gasteiger partial charge in [-0.1, -0.05) is 0 Å². The van der Waals surface area contributed by atoms with Crippen molar-refractivity contribution in [1.82, 2.24) is 0 Å². The largest absolute Gasteiger partial charge is 0.463 e. The Hall–Kier alpha value is -3.38. The number of hydrogen-bond acceptors (Lipinski definition) is 17. The minimum atomic E-state index is -2.02. The molecule has 10 atom stereocenters. The van der Waals surface area contributed by atoms with E-state index in [2.05, 4.69) is 0 Å². The molecule has 0 saturated carbocycles. The monoisotopic (exact) mass is 622 g/mol. The fourth-order valence-electron chi connectivity index (χ4n) is 4.68. The van der Waals surface area contributed by atoms with Gasteiger partial charge in [0.25, 0.3) is 0 Å². The molecule has 0 aromatic rings. The first-order valence-electron chi connectivity index (χ1n) is 13.2. The molecule has 0 aromatic carbocycles. The Labute approximate surface area is 247 Å². The lowest BCUT2D eigenvalue weighted by atomic mass is 9.92. The van der Waals surface area contributed by atoms with Crippen LogP contribution in [-0.2, 0) is 76.1 Å². The molecule has 17 heteroatoms. The Bertz CT molecular complexity index is 1040. The SMILES string of the molecule is CO[C@H]1O[C@H](CO[C@@]2(C)O[C@H](COC(C)=O)[C@@H](O)[C@H](OC(C)=O)[C@@H]2OC(C)=O)[C@@H](OC(C)=O)[C@H](OC(C)=O)[C@H]1OC(C)=O. The number of aliphatic hydroxyl groups is 1. The van der Waals surface area contributed by atoms with Gasteiger partial charge in [0.1, 0.15) is 24.9 Å². The smallest absolute Gasteiger partial charge is 0.303 e. The molecule has 0 aromatic heterocycles. The molecule has 2 aliphatic rings. The lowest BCUT2D eigenvalue weighted by Crippen LogP contribution is -2.68. The number of ether oxygens (including phenoxy) is 10. The molecule has 0 unspecified atom stereocenters. The summed E-state index contributed by atoms with van der Waals surface area (Å²) in [6.07, 6.45) is -13.0. The predicted molar refractivity (Wildman–Crippen MR) is 135 cm³/mol. The number of methoxy groups -OCH3 is 1. The van der Waals surface area contributed by atoms with Crippen LogP contribution in [0.1, 0.15) is 48.5 Å². The predicted octanol–water partition coefficient (Wildman–Crippen LogP) is -0.928. The third-order valence-electron chi connectivity index (χ3n) is 6.23. The molecule has 43 heavy (non-hydrogen) atoms. The lowest BCUT2D eigenvalue weighted by Gasteiger charge is -2.49. The second-order valence-electron chi connectivity index (χ2n) is 9.88. The van der Waals surface area contributed by atoms with Crippen molar-refractivity contribution in [2.45, 2.75) is 109 Å². The van der Waals surface area contributed by atoms with Crippen LogP contribution < -0.4 is 0 Å². The van der Waals surface area contributed by atoms with Gasteiger partial charge in [0.2, 0.25) is 5.79 Å².